The Bertz CT molecular complexity index is 831. The van der Waals surface area contributed by atoms with E-state index in [0.29, 0.717) is 37.5 Å². The summed E-state index contributed by atoms with van der Waals surface area (Å²) in [5.41, 5.74) is 3.31. The van der Waals surface area contributed by atoms with Gasteiger partial charge >= 0.3 is 12.0 Å². The third-order valence-corrected chi connectivity index (χ3v) is 4.33. The normalized spacial score (nSPS) is 13.2. The zero-order chi connectivity index (χ0) is 18.7. The molecule has 2 amide bonds. The van der Waals surface area contributed by atoms with Crippen molar-refractivity contribution in [3.63, 3.8) is 0 Å². The van der Waals surface area contributed by atoms with Crippen molar-refractivity contribution >= 4 is 17.7 Å². The van der Waals surface area contributed by atoms with Crippen LogP contribution in [-0.2, 0) is 24.3 Å². The van der Waals surface area contributed by atoms with Crippen molar-refractivity contribution in [2.24, 2.45) is 0 Å². The van der Waals surface area contributed by atoms with Crippen LogP contribution >= 0.6 is 0 Å². The molecule has 8 heteroatoms. The molecular formula is C18H22N4O4. The van der Waals surface area contributed by atoms with Gasteiger partial charge < -0.3 is 20.1 Å². The zero-order valence-electron chi connectivity index (χ0n) is 14.9. The highest BCUT2D eigenvalue weighted by molar-refractivity contribution is 5.91. The fraction of sp³-hybridized carbons (Fsp3) is 0.389. The molecule has 0 spiro atoms. The summed E-state index contributed by atoms with van der Waals surface area (Å²) in [6, 6.07) is 7.29. The molecule has 0 saturated heterocycles. The number of hydrogen-bond donors (Lipinski definition) is 2. The maximum Gasteiger partial charge on any atom is 0.322 e. The van der Waals surface area contributed by atoms with Crippen LogP contribution in [0.3, 0.4) is 0 Å². The van der Waals surface area contributed by atoms with E-state index in [1.54, 1.807) is 12.0 Å². The lowest BCUT2D eigenvalue weighted by Gasteiger charge is -2.28. The first-order valence-corrected chi connectivity index (χ1v) is 8.44. The van der Waals surface area contributed by atoms with Gasteiger partial charge in [-0.1, -0.05) is 6.07 Å². The van der Waals surface area contributed by atoms with Crippen LogP contribution in [0, 0.1) is 6.92 Å². The molecule has 2 N–H and O–H groups in total. The highest BCUT2D eigenvalue weighted by Crippen LogP contribution is 2.26. The minimum atomic E-state index is -0.843. The number of nitrogens with one attached hydrogen (secondary N) is 1. The smallest absolute Gasteiger partial charge is 0.322 e. The molecule has 0 aliphatic carbocycles. The number of carbonyl (C=O) groups is 2. The van der Waals surface area contributed by atoms with E-state index in [-0.39, 0.29) is 12.5 Å². The number of rotatable bonds is 5. The number of methoxy groups -OCH3 is 1. The zero-order valence-corrected chi connectivity index (χ0v) is 14.9. The van der Waals surface area contributed by atoms with Crippen LogP contribution in [-0.4, -0.2) is 45.4 Å². The van der Waals surface area contributed by atoms with Crippen molar-refractivity contribution in [1.82, 2.24) is 14.7 Å². The summed E-state index contributed by atoms with van der Waals surface area (Å²) in [5.74, 6) is -0.231. The minimum Gasteiger partial charge on any atom is -0.495 e. The minimum absolute atomic E-state index is 0.0494. The Balaban J connectivity index is 1.67. The van der Waals surface area contributed by atoms with E-state index in [9.17, 15) is 9.59 Å². The first-order valence-electron chi connectivity index (χ1n) is 8.44. The molecule has 8 nitrogen and oxygen atoms in total. The molecule has 0 bridgehead atoms. The molecule has 138 valence electrons. The van der Waals surface area contributed by atoms with Gasteiger partial charge in [0, 0.05) is 13.0 Å². The topological polar surface area (TPSA) is 96.7 Å². The Morgan fingerprint density at radius 2 is 2.12 bits per heavy atom. The van der Waals surface area contributed by atoms with Gasteiger partial charge in [-0.25, -0.2) is 4.79 Å². The molecule has 2 aromatic rings. The number of benzene rings is 1. The van der Waals surface area contributed by atoms with Crippen LogP contribution in [0.5, 0.6) is 5.75 Å². The summed E-state index contributed by atoms with van der Waals surface area (Å²) in [7, 11) is 1.57. The van der Waals surface area contributed by atoms with Gasteiger partial charge in [0.25, 0.3) is 0 Å². The van der Waals surface area contributed by atoms with Crippen LogP contribution in [0.4, 0.5) is 10.5 Å². The number of fused-ring (bicyclic) bond motifs is 1. The summed E-state index contributed by atoms with van der Waals surface area (Å²) >= 11 is 0. The first-order chi connectivity index (χ1) is 12.5. The van der Waals surface area contributed by atoms with Crippen molar-refractivity contribution in [2.75, 3.05) is 19.0 Å². The molecule has 2 heterocycles. The Hall–Kier alpha value is -3.03. The van der Waals surface area contributed by atoms with Crippen molar-refractivity contribution in [2.45, 2.75) is 32.9 Å². The SMILES string of the molecule is COc1ccc(C)cc1NC(=O)N1CCn2nc(CCC(=O)O)cc2C1. The second-order valence-corrected chi connectivity index (χ2v) is 6.30. The largest absolute Gasteiger partial charge is 0.495 e. The lowest BCUT2D eigenvalue weighted by Crippen LogP contribution is -2.40. The van der Waals surface area contributed by atoms with E-state index >= 15 is 0 Å². The van der Waals surface area contributed by atoms with E-state index in [1.165, 1.54) is 0 Å². The molecule has 0 radical (unpaired) electrons. The fourth-order valence-corrected chi connectivity index (χ4v) is 2.97. The van der Waals surface area contributed by atoms with Gasteiger partial charge in [0.1, 0.15) is 5.75 Å². The second-order valence-electron chi connectivity index (χ2n) is 6.30. The van der Waals surface area contributed by atoms with Gasteiger partial charge in [-0.05, 0) is 30.7 Å². The molecule has 1 aliphatic heterocycles. The fourth-order valence-electron chi connectivity index (χ4n) is 2.97. The van der Waals surface area contributed by atoms with Gasteiger partial charge in [-0.2, -0.15) is 5.10 Å². The van der Waals surface area contributed by atoms with E-state index in [0.717, 1.165) is 17.0 Å². The maximum atomic E-state index is 12.6. The van der Waals surface area contributed by atoms with E-state index in [4.69, 9.17) is 9.84 Å². The standard InChI is InChI=1S/C18H22N4O4/c1-12-3-5-16(26-2)15(9-12)19-18(25)21-7-8-22-14(11-21)10-13(20-22)4-6-17(23)24/h3,5,9-10H,4,6-8,11H2,1-2H3,(H,19,25)(H,23,24). The number of ether oxygens (including phenoxy) is 1. The lowest BCUT2D eigenvalue weighted by atomic mass is 10.2. The molecule has 0 saturated carbocycles. The summed E-state index contributed by atoms with van der Waals surface area (Å²) in [6.45, 7) is 3.50. The summed E-state index contributed by atoms with van der Waals surface area (Å²) in [5, 5.41) is 16.1. The third-order valence-electron chi connectivity index (χ3n) is 4.33. The molecule has 1 aromatic heterocycles. The molecule has 0 unspecified atom stereocenters. The average Bonchev–Trinajstić information content (AvgIpc) is 3.02. The number of urea groups is 1. The highest BCUT2D eigenvalue weighted by Gasteiger charge is 2.23. The van der Waals surface area contributed by atoms with Crippen molar-refractivity contribution in [1.29, 1.82) is 0 Å². The van der Waals surface area contributed by atoms with E-state index in [1.807, 2.05) is 35.9 Å². The molecule has 0 fully saturated rings. The van der Waals surface area contributed by atoms with Crippen molar-refractivity contribution < 1.29 is 19.4 Å². The first kappa shape index (κ1) is 17.8. The highest BCUT2D eigenvalue weighted by atomic mass is 16.5. The summed E-state index contributed by atoms with van der Waals surface area (Å²) in [6.07, 6.45) is 0.440. The number of aryl methyl sites for hydroxylation is 2. The number of hydrogen-bond acceptors (Lipinski definition) is 4. The quantitative estimate of drug-likeness (QED) is 0.855. The monoisotopic (exact) mass is 358 g/mol. The van der Waals surface area contributed by atoms with Gasteiger partial charge in [-0.3, -0.25) is 9.48 Å². The number of nitrogens with zero attached hydrogens (tertiary/aromatic N) is 3. The number of aromatic nitrogens is 2. The molecule has 0 atom stereocenters. The van der Waals surface area contributed by atoms with Crippen molar-refractivity contribution in [3.8, 4) is 5.75 Å². The average molecular weight is 358 g/mol. The van der Waals surface area contributed by atoms with Crippen LogP contribution in [0.15, 0.2) is 24.3 Å². The van der Waals surface area contributed by atoms with Crippen LogP contribution in [0.2, 0.25) is 0 Å². The van der Waals surface area contributed by atoms with Gasteiger partial charge in [-0.15, -0.1) is 0 Å². The Morgan fingerprint density at radius 3 is 2.85 bits per heavy atom. The number of anilines is 1. The maximum absolute atomic E-state index is 12.6. The van der Waals surface area contributed by atoms with E-state index < -0.39 is 5.97 Å². The number of aliphatic carboxylic acids is 1. The molecule has 1 aliphatic rings. The molecular weight excluding hydrogens is 336 g/mol. The third kappa shape index (κ3) is 3.96. The Labute approximate surface area is 151 Å². The van der Waals surface area contributed by atoms with Crippen molar-refractivity contribution in [3.05, 3.63) is 41.2 Å². The number of carbonyl (C=O) groups excluding carboxylic acids is 1. The van der Waals surface area contributed by atoms with Crippen LogP contribution in [0.1, 0.15) is 23.4 Å². The van der Waals surface area contributed by atoms with Crippen LogP contribution < -0.4 is 10.1 Å². The second kappa shape index (κ2) is 7.47. The predicted molar refractivity (Wildman–Crippen MR) is 95.3 cm³/mol. The van der Waals surface area contributed by atoms with Crippen LogP contribution in [0.25, 0.3) is 0 Å². The van der Waals surface area contributed by atoms with Gasteiger partial charge in [0.05, 0.1) is 43.7 Å². The Morgan fingerprint density at radius 1 is 1.31 bits per heavy atom. The number of carboxylic acid groups (broad SMARTS) is 1. The predicted octanol–water partition coefficient (Wildman–Crippen LogP) is 2.27. The molecule has 1 aromatic carbocycles. The molecule has 26 heavy (non-hydrogen) atoms. The van der Waals surface area contributed by atoms with Gasteiger partial charge in [0.15, 0.2) is 0 Å². The summed E-state index contributed by atoms with van der Waals surface area (Å²) in [4.78, 5) is 25.0. The number of amides is 2. The Kier molecular flexibility index (Phi) is 5.11. The lowest BCUT2D eigenvalue weighted by molar-refractivity contribution is -0.136. The number of carboxylic acids is 1. The van der Waals surface area contributed by atoms with E-state index in [2.05, 4.69) is 10.4 Å². The molecule has 3 rings (SSSR count). The summed E-state index contributed by atoms with van der Waals surface area (Å²) < 4.78 is 7.14. The van der Waals surface area contributed by atoms with Gasteiger partial charge in [0.2, 0.25) is 0 Å².